The summed E-state index contributed by atoms with van der Waals surface area (Å²) in [6, 6.07) is 0. The fourth-order valence-corrected chi connectivity index (χ4v) is 0. The third kappa shape index (κ3) is 8.84. The molecule has 0 bridgehead atoms. The Balaban J connectivity index is 0. The average Bonchev–Trinajstić information content (AvgIpc) is 0. The Labute approximate surface area is 74.2 Å². The molecule has 4 heavy (non-hydrogen) atoms. The van der Waals surface area contributed by atoms with Crippen molar-refractivity contribution in [2.75, 3.05) is 0 Å². The molecular formula is H4AlLiNbNi. The van der Waals surface area contributed by atoms with Gasteiger partial charge in [-0.05, 0) is 0 Å². The third-order valence-electron chi connectivity index (χ3n) is 0. The van der Waals surface area contributed by atoms with Crippen molar-refractivity contribution < 1.29 is 38.9 Å². The summed E-state index contributed by atoms with van der Waals surface area (Å²) in [6.45, 7) is 0. The van der Waals surface area contributed by atoms with Crippen molar-refractivity contribution in [3.05, 3.63) is 0 Å². The summed E-state index contributed by atoms with van der Waals surface area (Å²) in [5.41, 5.74) is 0. The summed E-state index contributed by atoms with van der Waals surface area (Å²) in [7, 11) is 0. The molecule has 0 amide bonds. The van der Waals surface area contributed by atoms with Gasteiger partial charge in [-0.2, -0.15) is 0 Å². The van der Waals surface area contributed by atoms with Crippen LogP contribution in [0.1, 0.15) is 0 Å². The molecule has 0 unspecified atom stereocenters. The van der Waals surface area contributed by atoms with Gasteiger partial charge in [-0.25, -0.2) is 0 Å². The van der Waals surface area contributed by atoms with Gasteiger partial charge in [0.25, 0.3) is 0 Å². The van der Waals surface area contributed by atoms with Gasteiger partial charge in [0.05, 0.1) is 0 Å². The first-order chi connectivity index (χ1) is 0. The zero-order valence-corrected chi connectivity index (χ0v) is 3.95. The van der Waals surface area contributed by atoms with E-state index in [1.54, 1.807) is 0 Å². The number of hydrogen-bond donors (Lipinski definition) is 0. The van der Waals surface area contributed by atoms with Gasteiger partial charge in [-0.1, -0.05) is 0 Å². The summed E-state index contributed by atoms with van der Waals surface area (Å²) >= 11 is 0. The van der Waals surface area contributed by atoms with Crippen molar-refractivity contribution in [2.45, 2.75) is 0 Å². The van der Waals surface area contributed by atoms with Crippen molar-refractivity contribution in [1.29, 1.82) is 0 Å². The molecule has 1 radical (unpaired) electrons. The SMILES string of the molecule is [AlH3].[LiH].[Nb].[Ni]. The Morgan fingerprint density at radius 3 is 1.00 bits per heavy atom. The van der Waals surface area contributed by atoms with Crippen LogP contribution >= 0.6 is 0 Å². The molecule has 0 saturated heterocycles. The topological polar surface area (TPSA) is 0 Å². The summed E-state index contributed by atoms with van der Waals surface area (Å²) < 4.78 is 0. The zero-order valence-electron chi connectivity index (χ0n) is 0.763. The minimum Gasteiger partial charge on any atom is 0 e. The average molecular weight is 190 g/mol. The molecule has 0 aromatic rings. The Morgan fingerprint density at radius 2 is 1.00 bits per heavy atom. The van der Waals surface area contributed by atoms with Gasteiger partial charge in [0.2, 0.25) is 0 Å². The molecule has 0 aliphatic carbocycles. The summed E-state index contributed by atoms with van der Waals surface area (Å²) in [4.78, 5) is 0. The quantitative estimate of drug-likeness (QED) is 0.393. The Hall–Kier alpha value is 2.36. The van der Waals surface area contributed by atoms with Crippen molar-refractivity contribution in [3.8, 4) is 0 Å². The van der Waals surface area contributed by atoms with Crippen LogP contribution in [0.25, 0.3) is 0 Å². The van der Waals surface area contributed by atoms with E-state index in [4.69, 9.17) is 0 Å². The van der Waals surface area contributed by atoms with Crippen molar-refractivity contribution in [2.24, 2.45) is 0 Å². The van der Waals surface area contributed by atoms with Crippen molar-refractivity contribution in [1.82, 2.24) is 0 Å². The number of hydrogen-bond acceptors (Lipinski definition) is 0. The molecule has 0 aliphatic rings. The standard InChI is InChI=1S/Al.Li.Nb.Ni.4H. The second kappa shape index (κ2) is 18.3. The molecule has 0 spiro atoms. The van der Waals surface area contributed by atoms with Crippen LogP contribution in [-0.2, 0) is 38.9 Å². The Bertz CT molecular complexity index is 8.00. The molecule has 0 rings (SSSR count). The van der Waals surface area contributed by atoms with Gasteiger partial charge in [-0.3, -0.25) is 0 Å². The number of rotatable bonds is 0. The molecule has 0 aromatic carbocycles. The molecule has 0 heterocycles. The molecule has 0 aliphatic heterocycles. The molecule has 0 aromatic heterocycles. The molecule has 0 nitrogen and oxygen atoms in total. The van der Waals surface area contributed by atoms with E-state index in [0.717, 1.165) is 0 Å². The van der Waals surface area contributed by atoms with Crippen molar-refractivity contribution >= 4 is 36.2 Å². The fraction of sp³-hybridized carbons (Fsp3) is 0. The van der Waals surface area contributed by atoms with Crippen LogP contribution in [0.4, 0.5) is 0 Å². The largest absolute Gasteiger partial charge is 0 e. The van der Waals surface area contributed by atoms with E-state index < -0.39 is 0 Å². The third-order valence-corrected chi connectivity index (χ3v) is 0. The monoisotopic (exact) mass is 189 g/mol. The predicted octanol–water partition coefficient (Wildman–Crippen LogP) is -1.84. The molecular weight excluding hydrogens is 186 g/mol. The second-order valence-corrected chi connectivity index (χ2v) is 0. The summed E-state index contributed by atoms with van der Waals surface area (Å²) in [6.07, 6.45) is 0. The van der Waals surface area contributed by atoms with E-state index in [2.05, 4.69) is 0 Å². The first kappa shape index (κ1) is 32.8. The molecule has 0 N–H and O–H groups in total. The van der Waals surface area contributed by atoms with Gasteiger partial charge in [0.15, 0.2) is 17.4 Å². The molecule has 0 fully saturated rings. The van der Waals surface area contributed by atoms with E-state index in [1.165, 1.54) is 0 Å². The van der Waals surface area contributed by atoms with Crippen LogP contribution in [0.2, 0.25) is 0 Å². The van der Waals surface area contributed by atoms with Crippen molar-refractivity contribution in [3.63, 3.8) is 0 Å². The van der Waals surface area contributed by atoms with E-state index in [-0.39, 0.29) is 75.1 Å². The second-order valence-electron chi connectivity index (χ2n) is 0. The van der Waals surface area contributed by atoms with Gasteiger partial charge >= 0.3 is 18.9 Å². The van der Waals surface area contributed by atoms with E-state index >= 15 is 0 Å². The fourth-order valence-electron chi connectivity index (χ4n) is 0. The molecule has 0 atom stereocenters. The van der Waals surface area contributed by atoms with Crippen LogP contribution in [0.15, 0.2) is 0 Å². The molecule has 23 valence electrons. The smallest absolute Gasteiger partial charge is 0 e. The molecule has 0 saturated carbocycles. The minimum atomic E-state index is 0. The summed E-state index contributed by atoms with van der Waals surface area (Å²) in [5.74, 6) is 0. The summed E-state index contributed by atoms with van der Waals surface area (Å²) in [5, 5.41) is 0. The Kier molecular flexibility index (Phi) is 150. The Morgan fingerprint density at radius 1 is 1.00 bits per heavy atom. The van der Waals surface area contributed by atoms with Crippen LogP contribution < -0.4 is 0 Å². The first-order valence-electron chi connectivity index (χ1n) is 0. The maximum atomic E-state index is 0. The normalized spacial score (nSPS) is 0. The van der Waals surface area contributed by atoms with E-state index in [1.807, 2.05) is 0 Å². The van der Waals surface area contributed by atoms with Gasteiger partial charge in [-0.15, -0.1) is 0 Å². The van der Waals surface area contributed by atoms with E-state index in [0.29, 0.717) is 0 Å². The minimum absolute atomic E-state index is 0. The first-order valence-corrected chi connectivity index (χ1v) is 0. The van der Waals surface area contributed by atoms with Crippen LogP contribution in [-0.4, -0.2) is 36.2 Å². The van der Waals surface area contributed by atoms with Gasteiger partial charge < -0.3 is 0 Å². The predicted molar refractivity (Wildman–Crippen MR) is 17.1 cm³/mol. The van der Waals surface area contributed by atoms with Crippen LogP contribution in [0, 0.1) is 0 Å². The maximum absolute atomic E-state index is 0. The van der Waals surface area contributed by atoms with Gasteiger partial charge in [0.1, 0.15) is 0 Å². The maximum Gasteiger partial charge on any atom is 0 e. The zero-order chi connectivity index (χ0) is 0. The van der Waals surface area contributed by atoms with Crippen LogP contribution in [0.3, 0.4) is 0 Å². The van der Waals surface area contributed by atoms with Gasteiger partial charge in [0, 0.05) is 38.9 Å². The van der Waals surface area contributed by atoms with E-state index in [9.17, 15) is 0 Å². The van der Waals surface area contributed by atoms with Crippen LogP contribution in [0.5, 0.6) is 0 Å². The molecule has 4 heteroatoms.